The molecule has 0 aromatic carbocycles. The molecule has 0 bridgehead atoms. The van der Waals surface area contributed by atoms with E-state index >= 15 is 0 Å². The number of aromatic nitrogens is 1. The van der Waals surface area contributed by atoms with Gasteiger partial charge in [0.1, 0.15) is 11.6 Å². The highest BCUT2D eigenvalue weighted by atomic mass is 16.3. The minimum Gasteiger partial charge on any atom is -0.465 e. The summed E-state index contributed by atoms with van der Waals surface area (Å²) in [6, 6.07) is 7.61. The average molecular weight is 297 g/mol. The molecule has 114 valence electrons. The molecule has 0 radical (unpaired) electrons. The molecule has 1 N–H and O–H groups in total. The number of nitrogens with one attached hydrogen (secondary N) is 1. The van der Waals surface area contributed by atoms with Crippen LogP contribution < -0.4 is 10.2 Å². The summed E-state index contributed by atoms with van der Waals surface area (Å²) in [6.07, 6.45) is 8.98. The zero-order valence-corrected chi connectivity index (χ0v) is 12.4. The van der Waals surface area contributed by atoms with Crippen molar-refractivity contribution in [2.45, 2.75) is 19.4 Å². The van der Waals surface area contributed by atoms with Crippen molar-refractivity contribution in [2.75, 3.05) is 18.0 Å². The van der Waals surface area contributed by atoms with Gasteiger partial charge in [-0.2, -0.15) is 0 Å². The Labute approximate surface area is 129 Å². The van der Waals surface area contributed by atoms with Gasteiger partial charge in [0.15, 0.2) is 0 Å². The highest BCUT2D eigenvalue weighted by molar-refractivity contribution is 5.91. The summed E-state index contributed by atoms with van der Waals surface area (Å²) in [4.78, 5) is 18.5. The molecule has 1 amide bonds. The summed E-state index contributed by atoms with van der Waals surface area (Å²) in [6.45, 7) is 2.63. The first-order valence-corrected chi connectivity index (χ1v) is 7.50. The second-order valence-electron chi connectivity index (χ2n) is 5.29. The van der Waals surface area contributed by atoms with E-state index in [9.17, 15) is 4.79 Å². The molecule has 1 aliphatic heterocycles. The predicted molar refractivity (Wildman–Crippen MR) is 85.3 cm³/mol. The summed E-state index contributed by atoms with van der Waals surface area (Å²) in [7, 11) is 0. The Morgan fingerprint density at radius 3 is 2.86 bits per heavy atom. The standard InChI is InChI=1S/C17H19N3O2/c21-17(8-6-15-4-3-11-22-15)19-13-14-5-7-16(18-12-14)20-9-1-2-10-20/h3-8,11-12H,1-2,9-10,13H2,(H,19,21)/b8-6+. The number of carbonyl (C=O) groups is 1. The van der Waals surface area contributed by atoms with E-state index in [4.69, 9.17) is 4.42 Å². The summed E-state index contributed by atoms with van der Waals surface area (Å²) in [5, 5.41) is 2.83. The van der Waals surface area contributed by atoms with Crippen LogP contribution in [-0.2, 0) is 11.3 Å². The number of hydrogen-bond donors (Lipinski definition) is 1. The third-order valence-corrected chi connectivity index (χ3v) is 3.65. The lowest BCUT2D eigenvalue weighted by atomic mass is 10.2. The first-order valence-electron chi connectivity index (χ1n) is 7.50. The summed E-state index contributed by atoms with van der Waals surface area (Å²) in [5.74, 6) is 1.53. The van der Waals surface area contributed by atoms with Crippen molar-refractivity contribution in [3.05, 3.63) is 54.1 Å². The summed E-state index contributed by atoms with van der Waals surface area (Å²) >= 11 is 0. The fourth-order valence-corrected chi connectivity index (χ4v) is 2.45. The van der Waals surface area contributed by atoms with E-state index in [2.05, 4.69) is 15.2 Å². The van der Waals surface area contributed by atoms with Gasteiger partial charge in [-0.15, -0.1) is 0 Å². The maximum Gasteiger partial charge on any atom is 0.244 e. The lowest BCUT2D eigenvalue weighted by molar-refractivity contribution is -0.116. The fourth-order valence-electron chi connectivity index (χ4n) is 2.45. The van der Waals surface area contributed by atoms with Gasteiger partial charge in [0.2, 0.25) is 5.91 Å². The smallest absolute Gasteiger partial charge is 0.244 e. The van der Waals surface area contributed by atoms with E-state index in [1.54, 1.807) is 24.5 Å². The number of anilines is 1. The Morgan fingerprint density at radius 1 is 1.32 bits per heavy atom. The van der Waals surface area contributed by atoms with Gasteiger partial charge < -0.3 is 14.6 Å². The predicted octanol–water partition coefficient (Wildman–Crippen LogP) is 2.60. The molecule has 3 heterocycles. The molecule has 1 fully saturated rings. The quantitative estimate of drug-likeness (QED) is 0.862. The lowest BCUT2D eigenvalue weighted by Gasteiger charge is -2.16. The molecule has 0 unspecified atom stereocenters. The van der Waals surface area contributed by atoms with Gasteiger partial charge in [-0.1, -0.05) is 6.07 Å². The van der Waals surface area contributed by atoms with Crippen LogP contribution in [0.15, 0.2) is 47.2 Å². The normalized spacial score (nSPS) is 14.6. The molecule has 5 nitrogen and oxygen atoms in total. The van der Waals surface area contributed by atoms with E-state index < -0.39 is 0 Å². The second-order valence-corrected chi connectivity index (χ2v) is 5.29. The third-order valence-electron chi connectivity index (χ3n) is 3.65. The maximum atomic E-state index is 11.7. The van der Waals surface area contributed by atoms with Crippen molar-refractivity contribution in [3.63, 3.8) is 0 Å². The van der Waals surface area contributed by atoms with Crippen molar-refractivity contribution >= 4 is 17.8 Å². The first-order chi connectivity index (χ1) is 10.8. The van der Waals surface area contributed by atoms with Crippen LogP contribution in [0.5, 0.6) is 0 Å². The zero-order valence-electron chi connectivity index (χ0n) is 12.4. The van der Waals surface area contributed by atoms with Crippen molar-refractivity contribution in [1.82, 2.24) is 10.3 Å². The van der Waals surface area contributed by atoms with Gasteiger partial charge in [-0.05, 0) is 42.7 Å². The van der Waals surface area contributed by atoms with Crippen LogP contribution in [0, 0.1) is 0 Å². The van der Waals surface area contributed by atoms with Crippen molar-refractivity contribution in [2.24, 2.45) is 0 Å². The number of pyridine rings is 1. The fraction of sp³-hybridized carbons (Fsp3) is 0.294. The molecule has 0 atom stereocenters. The van der Waals surface area contributed by atoms with Gasteiger partial charge in [-0.25, -0.2) is 4.98 Å². The highest BCUT2D eigenvalue weighted by Crippen LogP contribution is 2.17. The molecule has 22 heavy (non-hydrogen) atoms. The van der Waals surface area contributed by atoms with Crippen LogP contribution in [0.3, 0.4) is 0 Å². The van der Waals surface area contributed by atoms with Gasteiger partial charge in [0.25, 0.3) is 0 Å². The largest absolute Gasteiger partial charge is 0.465 e. The molecule has 3 rings (SSSR count). The Bertz CT molecular complexity index is 626. The van der Waals surface area contributed by atoms with Gasteiger partial charge in [0.05, 0.1) is 6.26 Å². The SMILES string of the molecule is O=C(/C=C/c1ccco1)NCc1ccc(N2CCCC2)nc1. The number of hydrogen-bond acceptors (Lipinski definition) is 4. The van der Waals surface area contributed by atoms with E-state index in [1.807, 2.05) is 18.3 Å². The molecule has 0 aliphatic carbocycles. The highest BCUT2D eigenvalue weighted by Gasteiger charge is 2.12. The molecule has 2 aromatic rings. The molecular weight excluding hydrogens is 278 g/mol. The van der Waals surface area contributed by atoms with Crippen LogP contribution in [-0.4, -0.2) is 24.0 Å². The Kier molecular flexibility index (Phi) is 4.53. The Balaban J connectivity index is 1.49. The van der Waals surface area contributed by atoms with Crippen LogP contribution in [0.2, 0.25) is 0 Å². The number of rotatable bonds is 5. The van der Waals surface area contributed by atoms with E-state index in [0.29, 0.717) is 12.3 Å². The maximum absolute atomic E-state index is 11.7. The molecule has 1 aliphatic rings. The topological polar surface area (TPSA) is 58.4 Å². The number of amides is 1. The number of furan rings is 1. The van der Waals surface area contributed by atoms with Crippen LogP contribution in [0.1, 0.15) is 24.2 Å². The van der Waals surface area contributed by atoms with E-state index in [0.717, 1.165) is 24.5 Å². The molecule has 1 saturated heterocycles. The van der Waals surface area contributed by atoms with Gasteiger partial charge >= 0.3 is 0 Å². The average Bonchev–Trinajstić information content (AvgIpc) is 3.24. The van der Waals surface area contributed by atoms with Crippen molar-refractivity contribution in [1.29, 1.82) is 0 Å². The third kappa shape index (κ3) is 3.75. The van der Waals surface area contributed by atoms with Gasteiger partial charge in [-0.3, -0.25) is 4.79 Å². The minimum absolute atomic E-state index is 0.153. The van der Waals surface area contributed by atoms with Crippen LogP contribution in [0.4, 0.5) is 5.82 Å². The van der Waals surface area contributed by atoms with Gasteiger partial charge in [0, 0.05) is 31.9 Å². The zero-order chi connectivity index (χ0) is 15.2. The molecule has 0 spiro atoms. The number of nitrogens with zero attached hydrogens (tertiary/aromatic N) is 2. The Morgan fingerprint density at radius 2 is 2.18 bits per heavy atom. The van der Waals surface area contributed by atoms with Crippen LogP contribution >= 0.6 is 0 Å². The van der Waals surface area contributed by atoms with Crippen molar-refractivity contribution in [3.8, 4) is 0 Å². The number of carbonyl (C=O) groups excluding carboxylic acids is 1. The van der Waals surface area contributed by atoms with E-state index in [1.165, 1.54) is 18.9 Å². The molecular formula is C17H19N3O2. The molecule has 5 heteroatoms. The molecule has 0 saturated carbocycles. The van der Waals surface area contributed by atoms with Crippen molar-refractivity contribution < 1.29 is 9.21 Å². The second kappa shape index (κ2) is 6.93. The first kappa shape index (κ1) is 14.4. The van der Waals surface area contributed by atoms with Crippen LogP contribution in [0.25, 0.3) is 6.08 Å². The monoisotopic (exact) mass is 297 g/mol. The molecule has 2 aromatic heterocycles. The lowest BCUT2D eigenvalue weighted by Crippen LogP contribution is -2.21. The minimum atomic E-state index is -0.153. The summed E-state index contributed by atoms with van der Waals surface area (Å²) in [5.41, 5.74) is 0.989. The Hall–Kier alpha value is -2.56. The summed E-state index contributed by atoms with van der Waals surface area (Å²) < 4.78 is 5.13. The van der Waals surface area contributed by atoms with E-state index in [-0.39, 0.29) is 5.91 Å².